The van der Waals surface area contributed by atoms with Crippen molar-refractivity contribution in [3.63, 3.8) is 0 Å². The largest absolute Gasteiger partial charge is 0.493 e. The number of para-hydroxylation sites is 1. The van der Waals surface area contributed by atoms with Gasteiger partial charge in [0.15, 0.2) is 0 Å². The molecule has 1 aliphatic rings. The Bertz CT molecular complexity index is 854. The summed E-state index contributed by atoms with van der Waals surface area (Å²) in [5.74, 6) is 1.07. The van der Waals surface area contributed by atoms with E-state index in [1.807, 2.05) is 18.2 Å². The van der Waals surface area contributed by atoms with E-state index >= 15 is 0 Å². The van der Waals surface area contributed by atoms with Crippen LogP contribution in [0.4, 0.5) is 0 Å². The number of nitrogens with zero attached hydrogens (tertiary/aromatic N) is 4. The van der Waals surface area contributed by atoms with E-state index in [4.69, 9.17) is 4.74 Å². The summed E-state index contributed by atoms with van der Waals surface area (Å²) in [7, 11) is 0. The molecule has 0 amide bonds. The van der Waals surface area contributed by atoms with E-state index in [9.17, 15) is 5.11 Å². The van der Waals surface area contributed by atoms with E-state index in [1.54, 1.807) is 0 Å². The standard InChI is InChI=1S/C18H22N4O2S/c1-2-11-24-14-8-4-3-7-13(14)15(21-9-5-6-10-21)16-17(23)22-18(25-16)19-12-20-22/h3-4,7-8,12,15,23H,2,5-6,9-11H2,1H3. The van der Waals surface area contributed by atoms with E-state index < -0.39 is 0 Å². The monoisotopic (exact) mass is 358 g/mol. The van der Waals surface area contributed by atoms with Crippen molar-refractivity contribution in [2.24, 2.45) is 0 Å². The molecule has 132 valence electrons. The van der Waals surface area contributed by atoms with Crippen LogP contribution >= 0.6 is 11.3 Å². The molecule has 0 radical (unpaired) electrons. The quantitative estimate of drug-likeness (QED) is 0.731. The lowest BCUT2D eigenvalue weighted by molar-refractivity contribution is 0.261. The van der Waals surface area contributed by atoms with Crippen molar-refractivity contribution in [2.75, 3.05) is 19.7 Å². The number of benzene rings is 1. The zero-order chi connectivity index (χ0) is 17.2. The fourth-order valence-electron chi connectivity index (χ4n) is 3.43. The smallest absolute Gasteiger partial charge is 0.230 e. The molecule has 1 saturated heterocycles. The van der Waals surface area contributed by atoms with Crippen molar-refractivity contribution in [3.05, 3.63) is 41.0 Å². The molecule has 4 rings (SSSR count). The van der Waals surface area contributed by atoms with Gasteiger partial charge >= 0.3 is 0 Å². The fraction of sp³-hybridized carbons (Fsp3) is 0.444. The number of thiazole rings is 1. The Morgan fingerprint density at radius 2 is 2.08 bits per heavy atom. The average molecular weight is 358 g/mol. The Labute approximate surface area is 150 Å². The third kappa shape index (κ3) is 2.98. The second-order valence-electron chi connectivity index (χ2n) is 6.28. The first-order valence-electron chi connectivity index (χ1n) is 8.76. The topological polar surface area (TPSA) is 62.9 Å². The molecule has 1 N–H and O–H groups in total. The van der Waals surface area contributed by atoms with E-state index in [2.05, 4.69) is 28.0 Å². The molecule has 0 aliphatic carbocycles. The number of rotatable bonds is 6. The zero-order valence-electron chi connectivity index (χ0n) is 14.3. The van der Waals surface area contributed by atoms with Crippen LogP contribution in [0.25, 0.3) is 4.96 Å². The van der Waals surface area contributed by atoms with Crippen molar-refractivity contribution >= 4 is 16.3 Å². The molecule has 1 aromatic carbocycles. The highest BCUT2D eigenvalue weighted by Gasteiger charge is 2.32. The number of hydrogen-bond acceptors (Lipinski definition) is 6. The van der Waals surface area contributed by atoms with Gasteiger partial charge in [0.25, 0.3) is 0 Å². The van der Waals surface area contributed by atoms with Crippen LogP contribution in [0.5, 0.6) is 11.6 Å². The highest BCUT2D eigenvalue weighted by molar-refractivity contribution is 7.17. The van der Waals surface area contributed by atoms with E-state index in [0.29, 0.717) is 11.6 Å². The van der Waals surface area contributed by atoms with Crippen molar-refractivity contribution < 1.29 is 9.84 Å². The number of likely N-dealkylation sites (tertiary alicyclic amines) is 1. The summed E-state index contributed by atoms with van der Waals surface area (Å²) < 4.78 is 7.51. The zero-order valence-corrected chi connectivity index (χ0v) is 15.1. The molecule has 3 aromatic rings. The number of aromatic hydroxyl groups is 1. The molecule has 1 unspecified atom stereocenters. The van der Waals surface area contributed by atoms with Crippen LogP contribution in [0.15, 0.2) is 30.6 Å². The Kier molecular flexibility index (Phi) is 4.59. The first-order chi connectivity index (χ1) is 12.3. The van der Waals surface area contributed by atoms with Gasteiger partial charge in [-0.1, -0.05) is 36.5 Å². The van der Waals surface area contributed by atoms with Gasteiger partial charge in [-0.2, -0.15) is 9.61 Å². The molecule has 0 spiro atoms. The molecular formula is C18H22N4O2S. The summed E-state index contributed by atoms with van der Waals surface area (Å²) in [5, 5.41) is 14.9. The highest BCUT2D eigenvalue weighted by Crippen LogP contribution is 2.43. The van der Waals surface area contributed by atoms with Gasteiger partial charge in [-0.25, -0.2) is 4.98 Å². The van der Waals surface area contributed by atoms with Gasteiger partial charge in [0, 0.05) is 5.56 Å². The van der Waals surface area contributed by atoms with Gasteiger partial charge in [-0.3, -0.25) is 4.90 Å². The summed E-state index contributed by atoms with van der Waals surface area (Å²) in [5.41, 5.74) is 1.10. The van der Waals surface area contributed by atoms with Crippen LogP contribution < -0.4 is 4.74 Å². The Morgan fingerprint density at radius 3 is 2.84 bits per heavy atom. The molecule has 6 nitrogen and oxygen atoms in total. The van der Waals surface area contributed by atoms with Crippen molar-refractivity contribution in [2.45, 2.75) is 32.2 Å². The predicted molar refractivity (Wildman–Crippen MR) is 97.4 cm³/mol. The summed E-state index contributed by atoms with van der Waals surface area (Å²) in [6.07, 6.45) is 4.79. The van der Waals surface area contributed by atoms with Gasteiger partial charge < -0.3 is 9.84 Å². The molecule has 1 atom stereocenters. The third-order valence-electron chi connectivity index (χ3n) is 4.57. The summed E-state index contributed by atoms with van der Waals surface area (Å²) in [6.45, 7) is 4.82. The van der Waals surface area contributed by atoms with E-state index in [0.717, 1.165) is 35.7 Å². The molecular weight excluding hydrogens is 336 g/mol. The lowest BCUT2D eigenvalue weighted by atomic mass is 10.0. The summed E-state index contributed by atoms with van der Waals surface area (Å²) in [4.78, 5) is 8.24. The number of fused-ring (bicyclic) bond motifs is 1. The molecule has 1 aliphatic heterocycles. The first kappa shape index (κ1) is 16.4. The van der Waals surface area contributed by atoms with Crippen molar-refractivity contribution in [3.8, 4) is 11.6 Å². The molecule has 3 heterocycles. The van der Waals surface area contributed by atoms with Gasteiger partial charge in [0.2, 0.25) is 10.8 Å². The Hall–Kier alpha value is -2.12. The second kappa shape index (κ2) is 7.01. The minimum atomic E-state index is -0.0379. The Morgan fingerprint density at radius 1 is 1.28 bits per heavy atom. The number of hydrogen-bond donors (Lipinski definition) is 1. The lowest BCUT2D eigenvalue weighted by Crippen LogP contribution is -2.26. The summed E-state index contributed by atoms with van der Waals surface area (Å²) >= 11 is 1.50. The molecule has 0 saturated carbocycles. The van der Waals surface area contributed by atoms with Gasteiger partial charge in [-0.05, 0) is 38.4 Å². The maximum absolute atomic E-state index is 10.7. The van der Waals surface area contributed by atoms with Crippen LogP contribution in [0.3, 0.4) is 0 Å². The van der Waals surface area contributed by atoms with Crippen molar-refractivity contribution in [1.82, 2.24) is 19.5 Å². The SMILES string of the molecule is CCCOc1ccccc1C(c1sc2ncnn2c1O)N1CCCC1. The Balaban J connectivity index is 1.82. The maximum atomic E-state index is 10.7. The average Bonchev–Trinajstić information content (AvgIpc) is 3.36. The molecule has 7 heteroatoms. The molecule has 25 heavy (non-hydrogen) atoms. The first-order valence-corrected chi connectivity index (χ1v) is 9.58. The number of ether oxygens (including phenoxy) is 1. The van der Waals surface area contributed by atoms with Crippen LogP contribution in [-0.2, 0) is 0 Å². The second-order valence-corrected chi connectivity index (χ2v) is 7.29. The van der Waals surface area contributed by atoms with Crippen molar-refractivity contribution in [1.29, 1.82) is 0 Å². The molecule has 0 bridgehead atoms. The highest BCUT2D eigenvalue weighted by atomic mass is 32.1. The molecule has 2 aromatic heterocycles. The minimum Gasteiger partial charge on any atom is -0.493 e. The predicted octanol–water partition coefficient (Wildman–Crippen LogP) is 3.47. The van der Waals surface area contributed by atoms with Crippen LogP contribution in [0.2, 0.25) is 0 Å². The van der Waals surface area contributed by atoms with Crippen LogP contribution in [0, 0.1) is 0 Å². The van der Waals surface area contributed by atoms with Crippen LogP contribution in [-0.4, -0.2) is 44.3 Å². The van der Waals surface area contributed by atoms with Gasteiger partial charge in [0.05, 0.1) is 17.5 Å². The lowest BCUT2D eigenvalue weighted by Gasteiger charge is -2.28. The fourth-order valence-corrected chi connectivity index (χ4v) is 4.51. The normalized spacial score (nSPS) is 16.5. The maximum Gasteiger partial charge on any atom is 0.230 e. The van der Waals surface area contributed by atoms with Gasteiger partial charge in [0.1, 0.15) is 12.1 Å². The number of aromatic nitrogens is 3. The molecule has 1 fully saturated rings. The van der Waals surface area contributed by atoms with E-state index in [-0.39, 0.29) is 11.9 Å². The summed E-state index contributed by atoms with van der Waals surface area (Å²) in [6, 6.07) is 8.11. The van der Waals surface area contributed by atoms with E-state index in [1.165, 1.54) is 35.0 Å². The van der Waals surface area contributed by atoms with Crippen LogP contribution in [0.1, 0.15) is 42.7 Å². The minimum absolute atomic E-state index is 0.0379. The van der Waals surface area contributed by atoms with Gasteiger partial charge in [-0.15, -0.1) is 0 Å². The third-order valence-corrected chi connectivity index (χ3v) is 5.65.